The fourth-order valence-corrected chi connectivity index (χ4v) is 4.51. The van der Waals surface area contributed by atoms with Crippen molar-refractivity contribution < 1.29 is 24.3 Å². The second-order valence-electron chi connectivity index (χ2n) is 9.61. The minimum Gasteiger partial charge on any atom is -0.473 e. The number of hydrogen-bond donors (Lipinski definition) is 4. The molecule has 0 fully saturated rings. The Morgan fingerprint density at radius 3 is 2.37 bits per heavy atom. The van der Waals surface area contributed by atoms with Gasteiger partial charge in [-0.2, -0.15) is 0 Å². The van der Waals surface area contributed by atoms with E-state index in [0.29, 0.717) is 16.9 Å². The molecule has 0 bridgehead atoms. The van der Waals surface area contributed by atoms with Crippen molar-refractivity contribution in [3.63, 3.8) is 0 Å². The Morgan fingerprint density at radius 1 is 0.977 bits per heavy atom. The van der Waals surface area contributed by atoms with E-state index in [9.17, 15) is 25.3 Å². The van der Waals surface area contributed by atoms with E-state index in [1.807, 2.05) is 42.5 Å². The summed E-state index contributed by atoms with van der Waals surface area (Å²) in [6, 6.07) is 14.7. The molecule has 15 nitrogen and oxygen atoms in total. The second kappa shape index (κ2) is 12.9. The highest BCUT2D eigenvalue weighted by Crippen LogP contribution is 2.41. The Kier molecular flexibility index (Phi) is 8.62. The van der Waals surface area contributed by atoms with Crippen molar-refractivity contribution in [2.24, 2.45) is 7.05 Å². The standard InChI is InChI=1S/C28H30N9O6/c1-33-13-14-34(19-33)11-4-10-29-20-6-8-21(9-7-20)30-22-17-23(26(37(41)42)18-25(22)36(39)40)31-27-24-5-2-3-12-35(24)32-28(27)43-16-15-38/h2-3,5-9,12-14,17-19,29-31,38H,4,10-11,15-16H2,1H3/q+1. The molecule has 0 unspecified atom stereocenters. The minimum atomic E-state index is -0.699. The van der Waals surface area contributed by atoms with Crippen LogP contribution in [0.5, 0.6) is 5.88 Å². The molecule has 4 N–H and O–H groups in total. The van der Waals surface area contributed by atoms with Gasteiger partial charge in [0.15, 0.2) is 0 Å². The molecule has 3 aromatic heterocycles. The number of pyridine rings is 1. The lowest BCUT2D eigenvalue weighted by molar-refractivity contribution is -0.671. The first-order valence-corrected chi connectivity index (χ1v) is 13.4. The Labute approximate surface area is 245 Å². The number of aromatic nitrogens is 4. The van der Waals surface area contributed by atoms with Gasteiger partial charge in [0.2, 0.25) is 6.33 Å². The maximum Gasteiger partial charge on any atom is 0.299 e. The Morgan fingerprint density at radius 2 is 1.70 bits per heavy atom. The number of ether oxygens (including phenoxy) is 1. The molecule has 0 aliphatic rings. The van der Waals surface area contributed by atoms with Crippen LogP contribution in [-0.4, -0.2) is 48.9 Å². The van der Waals surface area contributed by atoms with Crippen molar-refractivity contribution in [3.8, 4) is 5.88 Å². The van der Waals surface area contributed by atoms with Crippen molar-refractivity contribution in [3.05, 3.63) is 99.7 Å². The Balaban J connectivity index is 1.38. The van der Waals surface area contributed by atoms with Gasteiger partial charge in [0.1, 0.15) is 36.1 Å². The van der Waals surface area contributed by atoms with Gasteiger partial charge in [-0.15, -0.1) is 5.10 Å². The maximum absolute atomic E-state index is 12.0. The van der Waals surface area contributed by atoms with E-state index in [0.717, 1.165) is 31.3 Å². The van der Waals surface area contributed by atoms with Crippen molar-refractivity contribution in [2.45, 2.75) is 13.0 Å². The molecule has 43 heavy (non-hydrogen) atoms. The number of anilines is 5. The SMILES string of the molecule is C[n+]1ccn(CCCNc2ccc(Nc3cc(Nc4c(OCCO)nn5ccccc45)c([N+](=O)[O-])cc3[N+](=O)[O-])cc2)c1. The summed E-state index contributed by atoms with van der Waals surface area (Å²) in [5, 5.41) is 46.8. The third-order valence-corrected chi connectivity index (χ3v) is 6.51. The van der Waals surface area contributed by atoms with Crippen LogP contribution in [0.25, 0.3) is 5.52 Å². The van der Waals surface area contributed by atoms with E-state index >= 15 is 0 Å². The van der Waals surface area contributed by atoms with Crippen LogP contribution >= 0.6 is 0 Å². The summed E-state index contributed by atoms with van der Waals surface area (Å²) in [7, 11) is 1.97. The number of nitro benzene ring substituents is 2. The van der Waals surface area contributed by atoms with Gasteiger partial charge in [-0.05, 0) is 42.5 Å². The lowest BCUT2D eigenvalue weighted by Gasteiger charge is -2.13. The predicted octanol–water partition coefficient (Wildman–Crippen LogP) is 4.14. The number of nitro groups is 2. The number of rotatable bonds is 14. The van der Waals surface area contributed by atoms with Crippen LogP contribution in [0.15, 0.2) is 79.5 Å². The highest BCUT2D eigenvalue weighted by atomic mass is 16.6. The van der Waals surface area contributed by atoms with Gasteiger partial charge in [-0.3, -0.25) is 20.2 Å². The zero-order valence-electron chi connectivity index (χ0n) is 23.2. The molecule has 0 atom stereocenters. The van der Waals surface area contributed by atoms with E-state index in [4.69, 9.17) is 4.74 Å². The average Bonchev–Trinajstić information content (AvgIpc) is 3.57. The minimum absolute atomic E-state index is 0.0136. The van der Waals surface area contributed by atoms with Gasteiger partial charge >= 0.3 is 0 Å². The molecule has 0 radical (unpaired) electrons. The molecule has 0 saturated heterocycles. The largest absolute Gasteiger partial charge is 0.473 e. The molecule has 222 valence electrons. The zero-order chi connectivity index (χ0) is 30.3. The molecule has 2 aromatic carbocycles. The summed E-state index contributed by atoms with van der Waals surface area (Å²) < 4.78 is 11.2. The average molecular weight is 589 g/mol. The fraction of sp³-hybridized carbons (Fsp3) is 0.214. The molecule has 0 saturated carbocycles. The van der Waals surface area contributed by atoms with Gasteiger partial charge in [-0.1, -0.05) is 6.07 Å². The number of fused-ring (bicyclic) bond motifs is 1. The molecule has 15 heteroatoms. The van der Waals surface area contributed by atoms with Crippen LogP contribution in [-0.2, 0) is 13.6 Å². The fourth-order valence-electron chi connectivity index (χ4n) is 4.51. The lowest BCUT2D eigenvalue weighted by atomic mass is 10.1. The Hall–Kier alpha value is -5.70. The van der Waals surface area contributed by atoms with Crippen LogP contribution < -0.4 is 25.3 Å². The van der Waals surface area contributed by atoms with Crippen LogP contribution in [0.1, 0.15) is 6.42 Å². The van der Waals surface area contributed by atoms with Crippen molar-refractivity contribution >= 4 is 45.3 Å². The quantitative estimate of drug-likeness (QED) is 0.0638. The smallest absolute Gasteiger partial charge is 0.299 e. The molecule has 3 heterocycles. The number of aryl methyl sites for hydroxylation is 2. The highest BCUT2D eigenvalue weighted by Gasteiger charge is 2.27. The number of imidazole rings is 1. The summed E-state index contributed by atoms with van der Waals surface area (Å²) >= 11 is 0. The monoisotopic (exact) mass is 588 g/mol. The number of benzene rings is 2. The van der Waals surface area contributed by atoms with Crippen LogP contribution in [0.2, 0.25) is 0 Å². The third kappa shape index (κ3) is 6.79. The second-order valence-corrected chi connectivity index (χ2v) is 9.61. The van der Waals surface area contributed by atoms with Crippen molar-refractivity contribution in [2.75, 3.05) is 35.7 Å². The lowest BCUT2D eigenvalue weighted by Crippen LogP contribution is -2.23. The van der Waals surface area contributed by atoms with E-state index in [1.54, 1.807) is 36.5 Å². The van der Waals surface area contributed by atoms with Gasteiger partial charge < -0.3 is 25.8 Å². The summed E-state index contributed by atoms with van der Waals surface area (Å²) in [6.45, 7) is 1.31. The summed E-state index contributed by atoms with van der Waals surface area (Å²) in [6.07, 6.45) is 8.60. The number of hydrogen-bond acceptors (Lipinski definition) is 10. The number of aliphatic hydroxyl groups is 1. The molecule has 0 amide bonds. The normalized spacial score (nSPS) is 10.9. The van der Waals surface area contributed by atoms with E-state index in [2.05, 4.69) is 25.6 Å². The van der Waals surface area contributed by atoms with E-state index in [1.165, 1.54) is 10.6 Å². The van der Waals surface area contributed by atoms with Gasteiger partial charge in [0, 0.05) is 30.5 Å². The van der Waals surface area contributed by atoms with Crippen LogP contribution in [0, 0.1) is 20.2 Å². The summed E-state index contributed by atoms with van der Waals surface area (Å²) in [5.74, 6) is 0.105. The van der Waals surface area contributed by atoms with Gasteiger partial charge in [-0.25, -0.2) is 13.6 Å². The van der Waals surface area contributed by atoms with E-state index < -0.39 is 21.2 Å². The van der Waals surface area contributed by atoms with Crippen molar-refractivity contribution in [1.29, 1.82) is 0 Å². The highest BCUT2D eigenvalue weighted by molar-refractivity contribution is 5.88. The summed E-state index contributed by atoms with van der Waals surface area (Å²) in [4.78, 5) is 22.5. The topological polar surface area (TPSA) is 178 Å². The summed E-state index contributed by atoms with van der Waals surface area (Å²) in [5.41, 5.74) is 1.35. The number of aliphatic hydroxyl groups excluding tert-OH is 1. The van der Waals surface area contributed by atoms with Crippen LogP contribution in [0.4, 0.5) is 39.8 Å². The van der Waals surface area contributed by atoms with Crippen molar-refractivity contribution in [1.82, 2.24) is 14.2 Å². The predicted molar refractivity (Wildman–Crippen MR) is 159 cm³/mol. The number of nitrogens with one attached hydrogen (secondary N) is 3. The van der Waals surface area contributed by atoms with Gasteiger partial charge in [0.05, 0.1) is 41.6 Å². The molecular formula is C28H30N9O6+. The Bertz CT molecular complexity index is 1750. The molecule has 0 aliphatic heterocycles. The first kappa shape index (κ1) is 28.8. The first-order valence-electron chi connectivity index (χ1n) is 13.4. The number of nitrogens with zero attached hydrogens (tertiary/aromatic N) is 6. The maximum atomic E-state index is 12.0. The zero-order valence-corrected chi connectivity index (χ0v) is 23.2. The molecule has 0 spiro atoms. The van der Waals surface area contributed by atoms with E-state index in [-0.39, 0.29) is 30.5 Å². The molecular weight excluding hydrogens is 558 g/mol. The van der Waals surface area contributed by atoms with Gasteiger partial charge in [0.25, 0.3) is 17.3 Å². The molecule has 5 aromatic rings. The van der Waals surface area contributed by atoms with Crippen LogP contribution in [0.3, 0.4) is 0 Å². The molecule has 0 aliphatic carbocycles. The molecule has 5 rings (SSSR count). The third-order valence-electron chi connectivity index (χ3n) is 6.51. The first-order chi connectivity index (χ1) is 20.8.